The fourth-order valence-electron chi connectivity index (χ4n) is 2.73. The maximum atomic E-state index is 11.9. The molecule has 6 heteroatoms. The van der Waals surface area contributed by atoms with E-state index < -0.39 is 0 Å². The molecule has 6 nitrogen and oxygen atoms in total. The van der Waals surface area contributed by atoms with E-state index in [2.05, 4.69) is 5.10 Å². The number of carbonyl (C=O) groups is 1. The summed E-state index contributed by atoms with van der Waals surface area (Å²) in [6, 6.07) is 10.6. The van der Waals surface area contributed by atoms with Crippen molar-refractivity contribution in [1.82, 2.24) is 5.01 Å². The van der Waals surface area contributed by atoms with Crippen molar-refractivity contribution >= 4 is 11.6 Å². The summed E-state index contributed by atoms with van der Waals surface area (Å²) in [4.78, 5) is 11.9. The van der Waals surface area contributed by atoms with Gasteiger partial charge in [0, 0.05) is 25.0 Å². The molecule has 0 spiro atoms. The Bertz CT molecular complexity index is 781. The lowest BCUT2D eigenvalue weighted by atomic mass is 9.98. The van der Waals surface area contributed by atoms with E-state index in [1.54, 1.807) is 18.2 Å². The van der Waals surface area contributed by atoms with Crippen molar-refractivity contribution < 1.29 is 20.1 Å². The molecule has 2 aromatic carbocycles. The molecule has 0 fully saturated rings. The molecule has 1 unspecified atom stereocenters. The number of carbonyl (C=O) groups excluding carboxylic acids is 1. The number of benzene rings is 2. The third-order valence-electron chi connectivity index (χ3n) is 3.72. The van der Waals surface area contributed by atoms with Gasteiger partial charge in [-0.3, -0.25) is 4.79 Å². The van der Waals surface area contributed by atoms with E-state index in [-0.39, 0.29) is 29.2 Å². The van der Waals surface area contributed by atoms with Crippen LogP contribution in [0.1, 0.15) is 30.5 Å². The van der Waals surface area contributed by atoms with E-state index in [1.807, 2.05) is 6.07 Å². The molecule has 1 aliphatic rings. The predicted octanol–water partition coefficient (Wildman–Crippen LogP) is 2.50. The first-order valence-corrected chi connectivity index (χ1v) is 7.13. The Morgan fingerprint density at radius 1 is 1.09 bits per heavy atom. The maximum absolute atomic E-state index is 11.9. The standard InChI is InChI=1S/C17H16N2O4/c1-10(20)19-17(11-3-2-4-13(21)5-11)9-16(18-19)12-6-14(22)8-15(23)7-12/h2-8,17,21-23H,9H2,1H3. The molecule has 1 atom stereocenters. The Balaban J connectivity index is 1.98. The van der Waals surface area contributed by atoms with E-state index in [9.17, 15) is 20.1 Å². The molecule has 0 aliphatic carbocycles. The number of rotatable bonds is 2. The first kappa shape index (κ1) is 14.9. The second-order valence-electron chi connectivity index (χ2n) is 5.46. The van der Waals surface area contributed by atoms with E-state index >= 15 is 0 Å². The molecule has 1 amide bonds. The molecule has 3 rings (SSSR count). The van der Waals surface area contributed by atoms with Crippen molar-refractivity contribution in [1.29, 1.82) is 0 Å². The zero-order valence-electron chi connectivity index (χ0n) is 12.5. The second kappa shape index (κ2) is 5.64. The molecule has 0 aromatic heterocycles. The number of phenols is 3. The van der Waals surface area contributed by atoms with Gasteiger partial charge in [-0.05, 0) is 29.8 Å². The highest BCUT2D eigenvalue weighted by atomic mass is 16.3. The van der Waals surface area contributed by atoms with Gasteiger partial charge in [-0.25, -0.2) is 5.01 Å². The fraction of sp³-hybridized carbons (Fsp3) is 0.176. The molecule has 118 valence electrons. The summed E-state index contributed by atoms with van der Waals surface area (Å²) >= 11 is 0. The number of nitrogens with zero attached hydrogens (tertiary/aromatic N) is 2. The Labute approximate surface area is 132 Å². The SMILES string of the molecule is CC(=O)N1N=C(c2cc(O)cc(O)c2)CC1c1cccc(O)c1. The number of amides is 1. The lowest BCUT2D eigenvalue weighted by Gasteiger charge is -2.20. The van der Waals surface area contributed by atoms with Crippen LogP contribution in [0.3, 0.4) is 0 Å². The molecule has 1 aliphatic heterocycles. The Hall–Kier alpha value is -3.02. The van der Waals surface area contributed by atoms with Crippen molar-refractivity contribution in [3.63, 3.8) is 0 Å². The van der Waals surface area contributed by atoms with Gasteiger partial charge >= 0.3 is 0 Å². The van der Waals surface area contributed by atoms with E-state index in [0.29, 0.717) is 17.7 Å². The highest BCUT2D eigenvalue weighted by Gasteiger charge is 2.31. The van der Waals surface area contributed by atoms with Gasteiger partial charge in [-0.2, -0.15) is 5.10 Å². The quantitative estimate of drug-likeness (QED) is 0.794. The minimum atomic E-state index is -0.334. The fourth-order valence-corrected chi connectivity index (χ4v) is 2.73. The van der Waals surface area contributed by atoms with Crippen molar-refractivity contribution in [2.45, 2.75) is 19.4 Å². The van der Waals surface area contributed by atoms with Gasteiger partial charge in [0.15, 0.2) is 0 Å². The first-order valence-electron chi connectivity index (χ1n) is 7.13. The predicted molar refractivity (Wildman–Crippen MR) is 84.3 cm³/mol. The third-order valence-corrected chi connectivity index (χ3v) is 3.72. The van der Waals surface area contributed by atoms with E-state index in [0.717, 1.165) is 5.56 Å². The highest BCUT2D eigenvalue weighted by molar-refractivity contribution is 6.03. The van der Waals surface area contributed by atoms with Crippen molar-refractivity contribution in [2.75, 3.05) is 0 Å². The molecule has 0 radical (unpaired) electrons. The number of hydrogen-bond donors (Lipinski definition) is 3. The van der Waals surface area contributed by atoms with Gasteiger partial charge in [0.1, 0.15) is 17.2 Å². The molecule has 1 heterocycles. The Kier molecular flexibility index (Phi) is 3.65. The first-order chi connectivity index (χ1) is 10.9. The second-order valence-corrected chi connectivity index (χ2v) is 5.46. The van der Waals surface area contributed by atoms with E-state index in [1.165, 1.54) is 30.1 Å². The molecule has 0 saturated carbocycles. The Morgan fingerprint density at radius 2 is 1.78 bits per heavy atom. The molecule has 3 N–H and O–H groups in total. The summed E-state index contributed by atoms with van der Waals surface area (Å²) in [5, 5.41) is 34.6. The average Bonchev–Trinajstić information content (AvgIpc) is 2.91. The third kappa shape index (κ3) is 2.96. The molecule has 2 aromatic rings. The molecular weight excluding hydrogens is 296 g/mol. The zero-order valence-corrected chi connectivity index (χ0v) is 12.5. The lowest BCUT2D eigenvalue weighted by molar-refractivity contribution is -0.130. The minimum absolute atomic E-state index is 0.0714. The van der Waals surface area contributed by atoms with Gasteiger partial charge in [-0.15, -0.1) is 0 Å². The van der Waals surface area contributed by atoms with Crippen LogP contribution in [0, 0.1) is 0 Å². The van der Waals surface area contributed by atoms with Crippen LogP contribution in [0.2, 0.25) is 0 Å². The van der Waals surface area contributed by atoms with Crippen LogP contribution in [0.5, 0.6) is 17.2 Å². The van der Waals surface area contributed by atoms with Crippen LogP contribution in [-0.2, 0) is 4.79 Å². The van der Waals surface area contributed by atoms with Gasteiger partial charge < -0.3 is 15.3 Å². The summed E-state index contributed by atoms with van der Waals surface area (Å²) in [6.07, 6.45) is 0.423. The minimum Gasteiger partial charge on any atom is -0.508 e. The van der Waals surface area contributed by atoms with E-state index in [4.69, 9.17) is 0 Å². The van der Waals surface area contributed by atoms with Crippen LogP contribution in [-0.4, -0.2) is 31.9 Å². The topological polar surface area (TPSA) is 93.4 Å². The van der Waals surface area contributed by atoms with Gasteiger partial charge in [0.05, 0.1) is 11.8 Å². The number of hydrazone groups is 1. The van der Waals surface area contributed by atoms with Crippen molar-refractivity contribution in [3.05, 3.63) is 53.6 Å². The number of hydrogen-bond acceptors (Lipinski definition) is 5. The van der Waals surface area contributed by atoms with Crippen LogP contribution in [0.4, 0.5) is 0 Å². The van der Waals surface area contributed by atoms with Crippen molar-refractivity contribution in [2.24, 2.45) is 5.10 Å². The zero-order chi connectivity index (χ0) is 16.6. The molecule has 23 heavy (non-hydrogen) atoms. The number of aromatic hydroxyl groups is 3. The largest absolute Gasteiger partial charge is 0.508 e. The summed E-state index contributed by atoms with van der Waals surface area (Å²) < 4.78 is 0. The Morgan fingerprint density at radius 3 is 2.39 bits per heavy atom. The smallest absolute Gasteiger partial charge is 0.240 e. The van der Waals surface area contributed by atoms with Crippen molar-refractivity contribution in [3.8, 4) is 17.2 Å². The van der Waals surface area contributed by atoms with Crippen LogP contribution >= 0.6 is 0 Å². The lowest BCUT2D eigenvalue weighted by Crippen LogP contribution is -2.24. The summed E-state index contributed by atoms with van der Waals surface area (Å²) in [6.45, 7) is 1.42. The normalized spacial score (nSPS) is 17.2. The molecule has 0 bridgehead atoms. The molecule has 0 saturated heterocycles. The van der Waals surface area contributed by atoms with Crippen LogP contribution in [0.25, 0.3) is 0 Å². The number of phenolic OH excluding ortho intramolecular Hbond substituents is 3. The van der Waals surface area contributed by atoms with Gasteiger partial charge in [0.25, 0.3) is 0 Å². The molecular formula is C17H16N2O4. The summed E-state index contributed by atoms with van der Waals surface area (Å²) in [5.41, 5.74) is 1.90. The van der Waals surface area contributed by atoms with Gasteiger partial charge in [-0.1, -0.05) is 12.1 Å². The summed E-state index contributed by atoms with van der Waals surface area (Å²) in [7, 11) is 0. The average molecular weight is 312 g/mol. The monoisotopic (exact) mass is 312 g/mol. The summed E-state index contributed by atoms with van der Waals surface area (Å²) in [5.74, 6) is -0.247. The van der Waals surface area contributed by atoms with Crippen LogP contribution in [0.15, 0.2) is 47.6 Å². The van der Waals surface area contributed by atoms with Gasteiger partial charge in [0.2, 0.25) is 5.91 Å². The van der Waals surface area contributed by atoms with Crippen LogP contribution < -0.4 is 0 Å². The maximum Gasteiger partial charge on any atom is 0.240 e. The highest BCUT2D eigenvalue weighted by Crippen LogP contribution is 2.35.